The molecular formula is C28H26F4N4O3S. The largest absolute Gasteiger partial charge is 0.421 e. The average Bonchev–Trinajstić information content (AvgIpc) is 3.57. The molecule has 1 fully saturated rings. The van der Waals surface area contributed by atoms with Crippen molar-refractivity contribution in [2.24, 2.45) is 0 Å². The van der Waals surface area contributed by atoms with Gasteiger partial charge in [0.15, 0.2) is 5.69 Å². The summed E-state index contributed by atoms with van der Waals surface area (Å²) in [6.45, 7) is 1.23. The second-order valence-electron chi connectivity index (χ2n) is 9.94. The fourth-order valence-electron chi connectivity index (χ4n) is 4.71. The third-order valence-corrected chi connectivity index (χ3v) is 7.85. The Hall–Kier alpha value is -3.80. The molecule has 5 rings (SSSR count). The summed E-state index contributed by atoms with van der Waals surface area (Å²) in [5.74, 6) is -7.47. The van der Waals surface area contributed by atoms with Crippen molar-refractivity contribution in [1.29, 1.82) is 0 Å². The van der Waals surface area contributed by atoms with Gasteiger partial charge in [-0.3, -0.25) is 9.48 Å². The van der Waals surface area contributed by atoms with Crippen molar-refractivity contribution in [2.45, 2.75) is 51.0 Å². The molecule has 12 heteroatoms. The van der Waals surface area contributed by atoms with Gasteiger partial charge in [-0.2, -0.15) is 22.7 Å². The van der Waals surface area contributed by atoms with Crippen molar-refractivity contribution >= 4 is 34.0 Å². The van der Waals surface area contributed by atoms with Crippen LogP contribution in [0.4, 0.5) is 17.6 Å². The fourth-order valence-corrected chi connectivity index (χ4v) is 5.68. The molecule has 1 aliphatic heterocycles. The van der Waals surface area contributed by atoms with Gasteiger partial charge in [-0.25, -0.2) is 9.78 Å². The molecule has 0 bridgehead atoms. The number of nitrogens with zero attached hydrogens (tertiary/aromatic N) is 4. The van der Waals surface area contributed by atoms with Gasteiger partial charge in [0, 0.05) is 43.6 Å². The zero-order valence-corrected chi connectivity index (χ0v) is 22.6. The number of fused-ring (bicyclic) bond motifs is 1. The third kappa shape index (κ3) is 5.86. The fraction of sp³-hybridized carbons (Fsp3) is 0.357. The van der Waals surface area contributed by atoms with Crippen LogP contribution in [-0.2, 0) is 23.2 Å². The molecule has 2 aromatic carbocycles. The topological polar surface area (TPSA) is 77.3 Å². The molecule has 40 heavy (non-hydrogen) atoms. The molecule has 1 amide bonds. The molecule has 2 aromatic heterocycles. The standard InChI is InChI=1S/C28H26F4N4O3S/c1-27(29,30)22-14-23(28(2,31)32)36(34-22)15-24(37)35-12-10-18(11-13-35)25-33-20(16-40-25)26(38)39-21-9-5-7-17-6-3-4-8-19(17)21/h3-9,14,16,18H,10-13,15H2,1-2H3. The summed E-state index contributed by atoms with van der Waals surface area (Å²) >= 11 is 1.34. The van der Waals surface area contributed by atoms with Crippen LogP contribution < -0.4 is 4.74 Å². The Labute approximate surface area is 231 Å². The number of hydrogen-bond acceptors (Lipinski definition) is 6. The Morgan fingerprint density at radius 2 is 1.73 bits per heavy atom. The van der Waals surface area contributed by atoms with Gasteiger partial charge in [-0.15, -0.1) is 11.3 Å². The highest BCUT2D eigenvalue weighted by molar-refractivity contribution is 7.09. The number of amides is 1. The summed E-state index contributed by atoms with van der Waals surface area (Å²) in [5.41, 5.74) is -1.35. The van der Waals surface area contributed by atoms with Gasteiger partial charge in [-0.1, -0.05) is 36.4 Å². The first-order valence-electron chi connectivity index (χ1n) is 12.7. The molecule has 0 atom stereocenters. The highest BCUT2D eigenvalue weighted by Gasteiger charge is 2.37. The molecule has 1 aliphatic rings. The maximum atomic E-state index is 14.0. The first-order valence-corrected chi connectivity index (χ1v) is 13.6. The van der Waals surface area contributed by atoms with E-state index in [0.29, 0.717) is 56.3 Å². The third-order valence-electron chi connectivity index (χ3n) is 6.84. The van der Waals surface area contributed by atoms with Gasteiger partial charge in [0.1, 0.15) is 23.7 Å². The number of thiazole rings is 1. The zero-order valence-electron chi connectivity index (χ0n) is 21.7. The summed E-state index contributed by atoms with van der Waals surface area (Å²) in [5, 5.41) is 7.75. The maximum Gasteiger partial charge on any atom is 0.363 e. The number of esters is 1. The number of alkyl halides is 4. The number of piperidine rings is 1. The molecular weight excluding hydrogens is 548 g/mol. The number of benzene rings is 2. The van der Waals surface area contributed by atoms with Crippen LogP contribution in [0.5, 0.6) is 5.75 Å². The van der Waals surface area contributed by atoms with Gasteiger partial charge in [-0.05, 0) is 30.4 Å². The van der Waals surface area contributed by atoms with Crippen LogP contribution in [-0.4, -0.2) is 44.6 Å². The SMILES string of the molecule is CC(F)(F)c1cc(C(C)(F)F)n(CC(=O)N2CCC(c3nc(C(=O)Oc4cccc5ccccc45)cs3)CC2)n1. The Morgan fingerprint density at radius 3 is 2.42 bits per heavy atom. The molecule has 210 valence electrons. The lowest BCUT2D eigenvalue weighted by molar-refractivity contribution is -0.133. The van der Waals surface area contributed by atoms with Crippen LogP contribution in [0.3, 0.4) is 0 Å². The maximum absolute atomic E-state index is 14.0. The van der Waals surface area contributed by atoms with Crippen LogP contribution in [0.1, 0.15) is 59.5 Å². The second-order valence-corrected chi connectivity index (χ2v) is 10.8. The first kappa shape index (κ1) is 27.8. The highest BCUT2D eigenvalue weighted by atomic mass is 32.1. The predicted molar refractivity (Wildman–Crippen MR) is 141 cm³/mol. The summed E-state index contributed by atoms with van der Waals surface area (Å²) in [6.07, 6.45) is 1.09. The summed E-state index contributed by atoms with van der Waals surface area (Å²) in [7, 11) is 0. The Balaban J connectivity index is 1.20. The van der Waals surface area contributed by atoms with E-state index in [1.165, 1.54) is 16.2 Å². The van der Waals surface area contributed by atoms with Crippen molar-refractivity contribution in [2.75, 3.05) is 13.1 Å². The number of carbonyl (C=O) groups is 2. The van der Waals surface area contributed by atoms with E-state index in [9.17, 15) is 27.2 Å². The minimum Gasteiger partial charge on any atom is -0.421 e. The average molecular weight is 575 g/mol. The monoisotopic (exact) mass is 574 g/mol. The van der Waals surface area contributed by atoms with E-state index in [0.717, 1.165) is 15.8 Å². The normalized spacial score (nSPS) is 15.0. The van der Waals surface area contributed by atoms with E-state index in [1.807, 2.05) is 36.4 Å². The molecule has 4 aromatic rings. The number of halogens is 4. The molecule has 0 unspecified atom stereocenters. The van der Waals surface area contributed by atoms with Crippen LogP contribution in [0.25, 0.3) is 10.8 Å². The number of aromatic nitrogens is 3. The van der Waals surface area contributed by atoms with Gasteiger partial charge >= 0.3 is 5.97 Å². The predicted octanol–water partition coefficient (Wildman–Crippen LogP) is 6.34. The second kappa shape index (κ2) is 10.6. The van der Waals surface area contributed by atoms with Crippen molar-refractivity contribution in [3.63, 3.8) is 0 Å². The summed E-state index contributed by atoms with van der Waals surface area (Å²) < 4.78 is 61.8. The summed E-state index contributed by atoms with van der Waals surface area (Å²) in [4.78, 5) is 31.6. The number of rotatable bonds is 7. The zero-order chi connectivity index (χ0) is 28.7. The van der Waals surface area contributed by atoms with Gasteiger partial charge in [0.25, 0.3) is 11.8 Å². The van der Waals surface area contributed by atoms with Gasteiger partial charge < -0.3 is 9.64 Å². The van der Waals surface area contributed by atoms with Crippen molar-refractivity contribution in [1.82, 2.24) is 19.7 Å². The molecule has 0 N–H and O–H groups in total. The van der Waals surface area contributed by atoms with E-state index in [2.05, 4.69) is 10.1 Å². The van der Waals surface area contributed by atoms with E-state index >= 15 is 0 Å². The Bertz CT molecular complexity index is 1540. The molecule has 1 saturated heterocycles. The van der Waals surface area contributed by atoms with E-state index in [1.54, 1.807) is 11.4 Å². The van der Waals surface area contributed by atoms with Crippen LogP contribution in [0, 0.1) is 0 Å². The highest BCUT2D eigenvalue weighted by Crippen LogP contribution is 2.34. The first-order chi connectivity index (χ1) is 18.9. The summed E-state index contributed by atoms with van der Waals surface area (Å²) in [6, 6.07) is 13.7. The number of ether oxygens (including phenoxy) is 1. The van der Waals surface area contributed by atoms with E-state index in [-0.39, 0.29) is 11.6 Å². The van der Waals surface area contributed by atoms with Gasteiger partial charge in [0.2, 0.25) is 5.91 Å². The molecule has 0 aliphatic carbocycles. The Morgan fingerprint density at radius 1 is 1.02 bits per heavy atom. The van der Waals surface area contributed by atoms with Crippen LogP contribution >= 0.6 is 11.3 Å². The minimum atomic E-state index is -3.44. The molecule has 0 spiro atoms. The molecule has 3 heterocycles. The van der Waals surface area contributed by atoms with Crippen molar-refractivity contribution < 1.29 is 31.9 Å². The lowest BCUT2D eigenvalue weighted by Crippen LogP contribution is -2.40. The smallest absolute Gasteiger partial charge is 0.363 e. The van der Waals surface area contributed by atoms with E-state index in [4.69, 9.17) is 4.74 Å². The minimum absolute atomic E-state index is 0.00113. The van der Waals surface area contributed by atoms with Crippen molar-refractivity contribution in [3.05, 3.63) is 76.0 Å². The number of likely N-dealkylation sites (tertiary alicyclic amines) is 1. The lowest BCUT2D eigenvalue weighted by Gasteiger charge is -2.31. The quantitative estimate of drug-likeness (QED) is 0.146. The molecule has 0 radical (unpaired) electrons. The molecule has 0 saturated carbocycles. The van der Waals surface area contributed by atoms with Gasteiger partial charge in [0.05, 0.1) is 5.01 Å². The lowest BCUT2D eigenvalue weighted by atomic mass is 9.97. The van der Waals surface area contributed by atoms with Crippen LogP contribution in [0.2, 0.25) is 0 Å². The number of carbonyl (C=O) groups excluding carboxylic acids is 2. The Kier molecular flexibility index (Phi) is 7.38. The number of hydrogen-bond donors (Lipinski definition) is 0. The molecule has 7 nitrogen and oxygen atoms in total. The van der Waals surface area contributed by atoms with Crippen molar-refractivity contribution in [3.8, 4) is 5.75 Å². The van der Waals surface area contributed by atoms with Crippen LogP contribution in [0.15, 0.2) is 53.9 Å². The van der Waals surface area contributed by atoms with E-state index < -0.39 is 41.7 Å².